The van der Waals surface area contributed by atoms with Crippen molar-refractivity contribution in [3.05, 3.63) is 47.0 Å². The topological polar surface area (TPSA) is 52.8 Å². The molecule has 9 heteroatoms. The van der Waals surface area contributed by atoms with Gasteiger partial charge in [-0.05, 0) is 24.6 Å². The summed E-state index contributed by atoms with van der Waals surface area (Å²) in [7, 11) is 0. The van der Waals surface area contributed by atoms with Gasteiger partial charge in [-0.15, -0.1) is 0 Å². The molecule has 0 bridgehead atoms. The third-order valence-corrected chi connectivity index (χ3v) is 3.45. The molecule has 0 aliphatic heterocycles. The SMILES string of the molecule is Cc1cc(Cn2cc3c(Cl)nccc3n2)cc(OCC(F)(F)F)n1. The van der Waals surface area contributed by atoms with E-state index in [2.05, 4.69) is 15.1 Å². The molecule has 3 aromatic heterocycles. The lowest BCUT2D eigenvalue weighted by Gasteiger charge is -2.10. The van der Waals surface area contributed by atoms with Crippen LogP contribution in [-0.2, 0) is 6.54 Å². The molecule has 0 radical (unpaired) electrons. The molecule has 0 amide bonds. The number of aromatic nitrogens is 4. The highest BCUT2D eigenvalue weighted by Gasteiger charge is 2.28. The van der Waals surface area contributed by atoms with Crippen molar-refractivity contribution < 1.29 is 17.9 Å². The summed E-state index contributed by atoms with van der Waals surface area (Å²) < 4.78 is 43.1. The quantitative estimate of drug-likeness (QED) is 0.668. The van der Waals surface area contributed by atoms with Gasteiger partial charge in [0.1, 0.15) is 5.15 Å². The van der Waals surface area contributed by atoms with Crippen molar-refractivity contribution in [1.82, 2.24) is 19.7 Å². The lowest BCUT2D eigenvalue weighted by atomic mass is 10.2. The number of alkyl halides is 3. The zero-order chi connectivity index (χ0) is 17.3. The lowest BCUT2D eigenvalue weighted by molar-refractivity contribution is -0.154. The molecule has 0 saturated heterocycles. The normalized spacial score (nSPS) is 11.9. The molecule has 0 saturated carbocycles. The molecule has 0 aliphatic rings. The van der Waals surface area contributed by atoms with Crippen molar-refractivity contribution in [3.63, 3.8) is 0 Å². The smallest absolute Gasteiger partial charge is 0.422 e. The molecule has 0 fully saturated rings. The average molecular weight is 357 g/mol. The number of hydrogen-bond donors (Lipinski definition) is 0. The van der Waals surface area contributed by atoms with E-state index in [9.17, 15) is 13.2 Å². The van der Waals surface area contributed by atoms with Gasteiger partial charge in [-0.3, -0.25) is 4.68 Å². The van der Waals surface area contributed by atoms with Crippen molar-refractivity contribution in [1.29, 1.82) is 0 Å². The number of pyridine rings is 2. The van der Waals surface area contributed by atoms with Gasteiger partial charge in [-0.2, -0.15) is 18.3 Å². The van der Waals surface area contributed by atoms with Gasteiger partial charge in [-0.25, -0.2) is 9.97 Å². The summed E-state index contributed by atoms with van der Waals surface area (Å²) in [6, 6.07) is 4.95. The minimum Gasteiger partial charge on any atom is -0.468 e. The Kier molecular flexibility index (Phi) is 4.31. The third-order valence-electron chi connectivity index (χ3n) is 3.15. The third kappa shape index (κ3) is 3.94. The summed E-state index contributed by atoms with van der Waals surface area (Å²) in [5.41, 5.74) is 1.96. The van der Waals surface area contributed by atoms with Crippen molar-refractivity contribution in [2.24, 2.45) is 0 Å². The first-order valence-electron chi connectivity index (χ1n) is 6.95. The largest absolute Gasteiger partial charge is 0.468 e. The molecule has 3 aromatic rings. The van der Waals surface area contributed by atoms with E-state index in [0.717, 1.165) is 5.56 Å². The predicted molar refractivity (Wildman–Crippen MR) is 82.2 cm³/mol. The van der Waals surface area contributed by atoms with E-state index >= 15 is 0 Å². The van der Waals surface area contributed by atoms with Crippen LogP contribution in [0.25, 0.3) is 10.9 Å². The summed E-state index contributed by atoms with van der Waals surface area (Å²) in [6.45, 7) is 0.650. The zero-order valence-corrected chi connectivity index (χ0v) is 13.3. The van der Waals surface area contributed by atoms with Crippen LogP contribution >= 0.6 is 11.6 Å². The van der Waals surface area contributed by atoms with Gasteiger partial charge in [0.15, 0.2) is 6.61 Å². The molecule has 3 rings (SSSR count). The Morgan fingerprint density at radius 3 is 2.79 bits per heavy atom. The Hall–Kier alpha value is -2.35. The Morgan fingerprint density at radius 1 is 1.29 bits per heavy atom. The summed E-state index contributed by atoms with van der Waals surface area (Å²) in [5.74, 6) is -0.0706. The van der Waals surface area contributed by atoms with Crippen LogP contribution in [0.2, 0.25) is 5.15 Å². The van der Waals surface area contributed by atoms with E-state index in [4.69, 9.17) is 16.3 Å². The van der Waals surface area contributed by atoms with Gasteiger partial charge in [0.25, 0.3) is 0 Å². The molecule has 126 valence electrons. The van der Waals surface area contributed by atoms with E-state index in [-0.39, 0.29) is 5.88 Å². The summed E-state index contributed by atoms with van der Waals surface area (Å²) in [4.78, 5) is 7.93. The minimum absolute atomic E-state index is 0.0706. The molecule has 0 N–H and O–H groups in total. The van der Waals surface area contributed by atoms with Crippen LogP contribution in [-0.4, -0.2) is 32.5 Å². The molecule has 0 aliphatic carbocycles. The molecule has 5 nitrogen and oxygen atoms in total. The highest BCUT2D eigenvalue weighted by molar-refractivity contribution is 6.34. The van der Waals surface area contributed by atoms with Crippen molar-refractivity contribution in [2.75, 3.05) is 6.61 Å². The molecular weight excluding hydrogens is 345 g/mol. The second kappa shape index (κ2) is 6.27. The van der Waals surface area contributed by atoms with Crippen LogP contribution in [0.15, 0.2) is 30.6 Å². The number of hydrogen-bond acceptors (Lipinski definition) is 4. The van der Waals surface area contributed by atoms with Crippen molar-refractivity contribution >= 4 is 22.5 Å². The molecular formula is C15H12ClF3N4O. The van der Waals surface area contributed by atoms with E-state index in [1.54, 1.807) is 36.1 Å². The van der Waals surface area contributed by atoms with Crippen LogP contribution in [0.5, 0.6) is 5.88 Å². The van der Waals surface area contributed by atoms with Crippen LogP contribution in [0, 0.1) is 6.92 Å². The van der Waals surface area contributed by atoms with Crippen LogP contribution in [0.3, 0.4) is 0 Å². The highest BCUT2D eigenvalue weighted by atomic mass is 35.5. The molecule has 24 heavy (non-hydrogen) atoms. The van der Waals surface area contributed by atoms with E-state index in [0.29, 0.717) is 28.3 Å². The molecule has 0 atom stereocenters. The molecule has 0 spiro atoms. The fourth-order valence-corrected chi connectivity index (χ4v) is 2.46. The first kappa shape index (κ1) is 16.5. The van der Waals surface area contributed by atoms with E-state index < -0.39 is 12.8 Å². The Labute approximate surface area is 140 Å². The number of aryl methyl sites for hydroxylation is 1. The number of fused-ring (bicyclic) bond motifs is 1. The van der Waals surface area contributed by atoms with Crippen molar-refractivity contribution in [2.45, 2.75) is 19.6 Å². The maximum Gasteiger partial charge on any atom is 0.422 e. The Balaban J connectivity index is 1.83. The molecule has 0 aromatic carbocycles. The standard InChI is InChI=1S/C15H12ClF3N4O/c1-9-4-10(5-13(21-9)24-8-15(17,18)19)6-23-7-11-12(22-23)2-3-20-14(11)16/h2-5,7H,6,8H2,1H3. The monoisotopic (exact) mass is 356 g/mol. The summed E-state index contributed by atoms with van der Waals surface area (Å²) in [5, 5.41) is 5.42. The van der Waals surface area contributed by atoms with Crippen molar-refractivity contribution in [3.8, 4) is 5.88 Å². The maximum atomic E-state index is 12.3. The van der Waals surface area contributed by atoms with Gasteiger partial charge in [0.05, 0.1) is 17.4 Å². The number of ether oxygens (including phenoxy) is 1. The van der Waals surface area contributed by atoms with Crippen LogP contribution in [0.1, 0.15) is 11.3 Å². The second-order valence-corrected chi connectivity index (χ2v) is 5.58. The number of nitrogens with zero attached hydrogens (tertiary/aromatic N) is 4. The second-order valence-electron chi connectivity index (χ2n) is 5.22. The van der Waals surface area contributed by atoms with Gasteiger partial charge in [0.2, 0.25) is 5.88 Å². The fourth-order valence-electron chi connectivity index (χ4n) is 2.26. The lowest BCUT2D eigenvalue weighted by Crippen LogP contribution is -2.19. The summed E-state index contributed by atoms with van der Waals surface area (Å²) in [6.07, 6.45) is -1.12. The van der Waals surface area contributed by atoms with Gasteiger partial charge < -0.3 is 4.74 Å². The molecule has 3 heterocycles. The first-order chi connectivity index (χ1) is 11.3. The number of halogens is 4. The van der Waals surface area contributed by atoms with Crippen LogP contribution < -0.4 is 4.74 Å². The first-order valence-corrected chi connectivity index (χ1v) is 7.33. The Morgan fingerprint density at radius 2 is 2.08 bits per heavy atom. The highest BCUT2D eigenvalue weighted by Crippen LogP contribution is 2.22. The Bertz CT molecular complexity index is 879. The summed E-state index contributed by atoms with van der Waals surface area (Å²) >= 11 is 6.01. The average Bonchev–Trinajstić information content (AvgIpc) is 2.88. The van der Waals surface area contributed by atoms with E-state index in [1.807, 2.05) is 0 Å². The fraction of sp³-hybridized carbons (Fsp3) is 0.267. The van der Waals surface area contributed by atoms with Gasteiger partial charge in [0, 0.05) is 24.2 Å². The predicted octanol–water partition coefficient (Wildman–Crippen LogP) is 3.78. The van der Waals surface area contributed by atoms with E-state index in [1.165, 1.54) is 6.07 Å². The maximum absolute atomic E-state index is 12.3. The molecule has 0 unspecified atom stereocenters. The minimum atomic E-state index is -4.41. The zero-order valence-electron chi connectivity index (χ0n) is 12.5. The van der Waals surface area contributed by atoms with Gasteiger partial charge >= 0.3 is 6.18 Å². The van der Waals surface area contributed by atoms with Gasteiger partial charge in [-0.1, -0.05) is 11.6 Å². The van der Waals surface area contributed by atoms with Crippen LogP contribution in [0.4, 0.5) is 13.2 Å². The number of rotatable bonds is 4.